The van der Waals surface area contributed by atoms with E-state index < -0.39 is 17.8 Å². The Morgan fingerprint density at radius 3 is 2.66 bits per heavy atom. The highest BCUT2D eigenvalue weighted by Crippen LogP contribution is 2.33. The minimum atomic E-state index is -4.70. The number of nitrogens with zero attached hydrogens (tertiary/aromatic N) is 5. The van der Waals surface area contributed by atoms with Gasteiger partial charge in [0.2, 0.25) is 0 Å². The van der Waals surface area contributed by atoms with Crippen molar-refractivity contribution in [2.75, 3.05) is 5.32 Å². The maximum absolute atomic E-state index is 13.7. The van der Waals surface area contributed by atoms with Gasteiger partial charge in [0.15, 0.2) is 17.0 Å². The second-order valence-corrected chi connectivity index (χ2v) is 9.19. The van der Waals surface area contributed by atoms with Crippen molar-refractivity contribution < 1.29 is 18.0 Å². The number of hydrogen-bond acceptors (Lipinski definition) is 5. The normalized spacial score (nSPS) is 11.8. The summed E-state index contributed by atoms with van der Waals surface area (Å²) in [5, 5.41) is 13.2. The second kappa shape index (κ2) is 8.99. The summed E-state index contributed by atoms with van der Waals surface area (Å²) in [6, 6.07) is 10.7. The molecule has 7 nitrogen and oxygen atoms in total. The van der Waals surface area contributed by atoms with E-state index in [1.54, 1.807) is 46.6 Å². The van der Waals surface area contributed by atoms with Crippen molar-refractivity contribution in [2.24, 2.45) is 0 Å². The predicted octanol–water partition coefficient (Wildman–Crippen LogP) is 6.28. The molecule has 35 heavy (non-hydrogen) atoms. The number of rotatable bonds is 5. The van der Waals surface area contributed by atoms with E-state index in [0.29, 0.717) is 31.7 Å². The molecule has 0 aliphatic heterocycles. The average molecular weight is 537 g/mol. The molecular formula is C22H13Cl2F3N6OS. The lowest BCUT2D eigenvalue weighted by Gasteiger charge is -2.10. The van der Waals surface area contributed by atoms with Crippen molar-refractivity contribution in [3.8, 4) is 10.6 Å². The molecule has 0 aliphatic rings. The SMILES string of the molecule is O=C(Nc1cnn(Cc2ccc(Cl)c(Cl)c2)c1)c1cc2nc(-c3cccs3)cc(C(F)(F)F)n2n1. The van der Waals surface area contributed by atoms with Crippen LogP contribution >= 0.6 is 34.5 Å². The minimum Gasteiger partial charge on any atom is -0.318 e. The van der Waals surface area contributed by atoms with E-state index in [-0.39, 0.29) is 17.0 Å². The summed E-state index contributed by atoms with van der Waals surface area (Å²) in [5.41, 5.74) is -0.00895. The topological polar surface area (TPSA) is 77.1 Å². The number of anilines is 1. The number of aromatic nitrogens is 5. The number of nitrogens with one attached hydrogen (secondary N) is 1. The summed E-state index contributed by atoms with van der Waals surface area (Å²) < 4.78 is 43.3. The van der Waals surface area contributed by atoms with Gasteiger partial charge in [0.1, 0.15) is 0 Å². The lowest BCUT2D eigenvalue weighted by Crippen LogP contribution is -2.15. The van der Waals surface area contributed by atoms with E-state index in [9.17, 15) is 18.0 Å². The molecule has 0 fully saturated rings. The van der Waals surface area contributed by atoms with Crippen LogP contribution in [0.15, 0.2) is 60.2 Å². The third-order valence-electron chi connectivity index (χ3n) is 4.94. The first-order valence-corrected chi connectivity index (χ1v) is 11.6. The Bertz CT molecular complexity index is 1540. The van der Waals surface area contributed by atoms with Gasteiger partial charge in [0.25, 0.3) is 5.91 Å². The number of benzene rings is 1. The Balaban J connectivity index is 1.40. The summed E-state index contributed by atoms with van der Waals surface area (Å²) in [6.45, 7) is 0.367. The zero-order valence-corrected chi connectivity index (χ0v) is 19.8. The molecule has 0 unspecified atom stereocenters. The molecular weight excluding hydrogens is 524 g/mol. The van der Waals surface area contributed by atoms with Crippen LogP contribution in [0.3, 0.4) is 0 Å². The lowest BCUT2D eigenvalue weighted by atomic mass is 10.2. The van der Waals surface area contributed by atoms with Crippen LogP contribution in [0.1, 0.15) is 21.7 Å². The number of fused-ring (bicyclic) bond motifs is 1. The van der Waals surface area contributed by atoms with Crippen molar-refractivity contribution >= 4 is 51.8 Å². The van der Waals surface area contributed by atoms with E-state index in [2.05, 4.69) is 20.5 Å². The maximum atomic E-state index is 13.7. The average Bonchev–Trinajstić information content (AvgIpc) is 3.55. The van der Waals surface area contributed by atoms with Crippen LogP contribution in [0.25, 0.3) is 16.2 Å². The number of alkyl halides is 3. The number of halogens is 5. The molecule has 1 amide bonds. The summed E-state index contributed by atoms with van der Waals surface area (Å²) in [4.78, 5) is 17.6. The van der Waals surface area contributed by atoms with Crippen LogP contribution in [0.5, 0.6) is 0 Å². The predicted molar refractivity (Wildman–Crippen MR) is 127 cm³/mol. The molecule has 0 saturated carbocycles. The van der Waals surface area contributed by atoms with Crippen LogP contribution < -0.4 is 5.32 Å². The molecule has 0 bridgehead atoms. The first-order valence-electron chi connectivity index (χ1n) is 9.97. The highest BCUT2D eigenvalue weighted by Gasteiger charge is 2.35. The van der Waals surface area contributed by atoms with Gasteiger partial charge in [-0.1, -0.05) is 35.3 Å². The van der Waals surface area contributed by atoms with Crippen molar-refractivity contribution in [1.29, 1.82) is 0 Å². The quantitative estimate of drug-likeness (QED) is 0.286. The highest BCUT2D eigenvalue weighted by molar-refractivity contribution is 7.13. The number of thiophene rings is 1. The number of carbonyl (C=O) groups is 1. The van der Waals surface area contributed by atoms with Gasteiger partial charge in [-0.15, -0.1) is 11.3 Å². The van der Waals surface area contributed by atoms with Crippen LogP contribution in [0, 0.1) is 0 Å². The monoisotopic (exact) mass is 536 g/mol. The molecule has 0 radical (unpaired) electrons. The van der Waals surface area contributed by atoms with Gasteiger partial charge in [-0.05, 0) is 35.2 Å². The summed E-state index contributed by atoms with van der Waals surface area (Å²) in [5.74, 6) is -0.699. The Labute approximate surface area is 209 Å². The van der Waals surface area contributed by atoms with Crippen molar-refractivity contribution in [3.05, 3.63) is 87.2 Å². The fourth-order valence-corrected chi connectivity index (χ4v) is 4.38. The fourth-order valence-electron chi connectivity index (χ4n) is 3.37. The summed E-state index contributed by atoms with van der Waals surface area (Å²) in [6.07, 6.45) is -1.71. The van der Waals surface area contributed by atoms with Gasteiger partial charge >= 0.3 is 6.18 Å². The van der Waals surface area contributed by atoms with E-state index in [4.69, 9.17) is 23.2 Å². The highest BCUT2D eigenvalue weighted by atomic mass is 35.5. The van der Waals surface area contributed by atoms with E-state index >= 15 is 0 Å². The molecule has 4 aromatic heterocycles. The van der Waals surface area contributed by atoms with Gasteiger partial charge < -0.3 is 5.32 Å². The Morgan fingerprint density at radius 1 is 1.11 bits per heavy atom. The van der Waals surface area contributed by atoms with E-state index in [1.165, 1.54) is 23.6 Å². The molecule has 4 heterocycles. The van der Waals surface area contributed by atoms with Crippen LogP contribution in [-0.2, 0) is 12.7 Å². The van der Waals surface area contributed by atoms with Crippen LogP contribution in [0.2, 0.25) is 10.0 Å². The molecule has 0 saturated heterocycles. The molecule has 0 aliphatic carbocycles. The number of carbonyl (C=O) groups excluding carboxylic acids is 1. The standard InChI is InChI=1S/C22H13Cl2F3N6OS/c23-14-4-3-12(6-15(14)24)10-32-11-13(9-28-32)29-21(34)17-8-20-30-16(18-2-1-5-35-18)7-19(22(25,26)27)33(20)31-17/h1-9,11H,10H2,(H,29,34). The third-order valence-corrected chi connectivity index (χ3v) is 6.57. The van der Waals surface area contributed by atoms with Crippen LogP contribution in [-0.4, -0.2) is 30.3 Å². The van der Waals surface area contributed by atoms with Crippen molar-refractivity contribution in [3.63, 3.8) is 0 Å². The lowest BCUT2D eigenvalue weighted by molar-refractivity contribution is -0.142. The number of amides is 1. The minimum absolute atomic E-state index is 0.0938. The first-order chi connectivity index (χ1) is 16.7. The summed E-state index contributed by atoms with van der Waals surface area (Å²) >= 11 is 13.2. The molecule has 1 aromatic carbocycles. The van der Waals surface area contributed by atoms with Crippen molar-refractivity contribution in [1.82, 2.24) is 24.4 Å². The largest absolute Gasteiger partial charge is 0.433 e. The van der Waals surface area contributed by atoms with Gasteiger partial charge in [-0.25, -0.2) is 9.50 Å². The maximum Gasteiger partial charge on any atom is 0.433 e. The molecule has 5 aromatic rings. The molecule has 1 N–H and O–H groups in total. The van der Waals surface area contributed by atoms with Gasteiger partial charge in [0.05, 0.1) is 39.0 Å². The Kier molecular flexibility index (Phi) is 5.99. The van der Waals surface area contributed by atoms with Gasteiger partial charge in [0, 0.05) is 12.3 Å². The molecule has 5 rings (SSSR count). The second-order valence-electron chi connectivity index (χ2n) is 7.43. The smallest absolute Gasteiger partial charge is 0.318 e. The molecule has 0 spiro atoms. The Hall–Kier alpha value is -3.41. The third kappa shape index (κ3) is 4.88. The molecule has 0 atom stereocenters. The zero-order valence-electron chi connectivity index (χ0n) is 17.4. The Morgan fingerprint density at radius 2 is 1.94 bits per heavy atom. The number of hydrogen-bond donors (Lipinski definition) is 1. The molecule has 13 heteroatoms. The van der Waals surface area contributed by atoms with E-state index in [1.807, 2.05) is 0 Å². The first kappa shape index (κ1) is 23.3. The van der Waals surface area contributed by atoms with Crippen molar-refractivity contribution in [2.45, 2.75) is 12.7 Å². The van der Waals surface area contributed by atoms with Gasteiger partial charge in [-0.2, -0.15) is 23.4 Å². The van der Waals surface area contributed by atoms with E-state index in [0.717, 1.165) is 11.6 Å². The van der Waals surface area contributed by atoms with Crippen LogP contribution in [0.4, 0.5) is 18.9 Å². The van der Waals surface area contributed by atoms with Gasteiger partial charge in [-0.3, -0.25) is 9.48 Å². The fraction of sp³-hybridized carbons (Fsp3) is 0.0909. The summed E-state index contributed by atoms with van der Waals surface area (Å²) in [7, 11) is 0. The zero-order chi connectivity index (χ0) is 24.7. The molecule has 178 valence electrons.